The Bertz CT molecular complexity index is 337. The van der Waals surface area contributed by atoms with E-state index in [9.17, 15) is 4.79 Å². The predicted molar refractivity (Wildman–Crippen MR) is 98.8 cm³/mol. The average molecular weight is 326 g/mol. The lowest BCUT2D eigenvalue weighted by atomic mass is 9.91. The molecule has 2 N–H and O–H groups in total. The zero-order valence-electron chi connectivity index (χ0n) is 16.1. The monoisotopic (exact) mass is 325 g/mol. The van der Waals surface area contributed by atoms with Crippen molar-refractivity contribution in [3.63, 3.8) is 0 Å². The lowest BCUT2D eigenvalue weighted by Crippen LogP contribution is -2.07. The smallest absolute Gasteiger partial charge is 0.349 e. The number of hydrogen-bond acceptors (Lipinski definition) is 3. The van der Waals surface area contributed by atoms with Gasteiger partial charge in [-0.2, -0.15) is 5.90 Å². The molecule has 0 amide bonds. The minimum Gasteiger partial charge on any atom is -0.370 e. The summed E-state index contributed by atoms with van der Waals surface area (Å²) in [6.45, 7) is 11.3. The van der Waals surface area contributed by atoms with Crippen molar-refractivity contribution in [3.8, 4) is 0 Å². The second-order valence-corrected chi connectivity index (χ2v) is 7.79. The molecule has 0 aromatic heterocycles. The maximum Gasteiger partial charge on any atom is 0.349 e. The van der Waals surface area contributed by atoms with Crippen LogP contribution in [0.5, 0.6) is 0 Å². The van der Waals surface area contributed by atoms with Crippen molar-refractivity contribution < 1.29 is 9.63 Å². The van der Waals surface area contributed by atoms with Crippen LogP contribution in [0.3, 0.4) is 0 Å². The van der Waals surface area contributed by atoms with Crippen molar-refractivity contribution >= 4 is 5.97 Å². The summed E-state index contributed by atoms with van der Waals surface area (Å²) in [5.74, 6) is 6.85. The van der Waals surface area contributed by atoms with E-state index in [1.807, 2.05) is 6.92 Å². The number of allylic oxidation sites excluding steroid dienone is 1. The molecule has 0 aromatic carbocycles. The van der Waals surface area contributed by atoms with Crippen molar-refractivity contribution in [2.24, 2.45) is 23.7 Å². The van der Waals surface area contributed by atoms with Gasteiger partial charge in [0.1, 0.15) is 0 Å². The van der Waals surface area contributed by atoms with Crippen molar-refractivity contribution in [2.45, 2.75) is 92.4 Å². The molecule has 23 heavy (non-hydrogen) atoms. The van der Waals surface area contributed by atoms with E-state index in [0.29, 0.717) is 0 Å². The molecule has 0 radical (unpaired) electrons. The van der Waals surface area contributed by atoms with Gasteiger partial charge >= 0.3 is 5.97 Å². The molecular weight excluding hydrogens is 286 g/mol. The third-order valence-corrected chi connectivity index (χ3v) is 4.62. The van der Waals surface area contributed by atoms with Crippen molar-refractivity contribution in [2.75, 3.05) is 0 Å². The highest BCUT2D eigenvalue weighted by atomic mass is 16.7. The Balaban J connectivity index is 3.65. The van der Waals surface area contributed by atoms with E-state index >= 15 is 0 Å². The Morgan fingerprint density at radius 2 is 1.39 bits per heavy atom. The molecule has 0 saturated heterocycles. The molecule has 0 aromatic rings. The van der Waals surface area contributed by atoms with Crippen LogP contribution < -0.4 is 5.90 Å². The average Bonchev–Trinajstić information content (AvgIpc) is 2.46. The summed E-state index contributed by atoms with van der Waals surface area (Å²) in [6.07, 6.45) is 13.0. The van der Waals surface area contributed by atoms with Crippen LogP contribution in [-0.2, 0) is 9.63 Å². The molecule has 0 unspecified atom stereocenters. The Morgan fingerprint density at radius 1 is 0.913 bits per heavy atom. The van der Waals surface area contributed by atoms with Crippen molar-refractivity contribution in [1.29, 1.82) is 0 Å². The SMILES string of the molecule is C/C(=C\C(=O)ON)CCC[C@H](C)CCC[C@H](C)CCCC(C)C. The molecule has 3 heteroatoms. The zero-order valence-corrected chi connectivity index (χ0v) is 16.1. The van der Waals surface area contributed by atoms with Gasteiger partial charge in [-0.15, -0.1) is 0 Å². The Hall–Kier alpha value is -0.830. The van der Waals surface area contributed by atoms with E-state index < -0.39 is 5.97 Å². The van der Waals surface area contributed by atoms with Crippen LogP contribution in [-0.4, -0.2) is 5.97 Å². The molecule has 0 fully saturated rings. The van der Waals surface area contributed by atoms with Crippen LogP contribution in [0.25, 0.3) is 0 Å². The maximum absolute atomic E-state index is 11.0. The summed E-state index contributed by atoms with van der Waals surface area (Å²) < 4.78 is 0. The highest BCUT2D eigenvalue weighted by molar-refractivity contribution is 5.82. The Morgan fingerprint density at radius 3 is 1.87 bits per heavy atom. The molecule has 0 aliphatic carbocycles. The van der Waals surface area contributed by atoms with Crippen molar-refractivity contribution in [3.05, 3.63) is 11.6 Å². The summed E-state index contributed by atoms with van der Waals surface area (Å²) in [5.41, 5.74) is 1.05. The van der Waals surface area contributed by atoms with Crippen molar-refractivity contribution in [1.82, 2.24) is 0 Å². The summed E-state index contributed by atoms with van der Waals surface area (Å²) in [5, 5.41) is 0. The van der Waals surface area contributed by atoms with Crippen LogP contribution in [0.15, 0.2) is 11.6 Å². The van der Waals surface area contributed by atoms with Crippen LogP contribution >= 0.6 is 0 Å². The van der Waals surface area contributed by atoms with Gasteiger partial charge in [-0.1, -0.05) is 78.2 Å². The maximum atomic E-state index is 11.0. The molecule has 0 spiro atoms. The van der Waals surface area contributed by atoms with Crippen LogP contribution in [0.2, 0.25) is 0 Å². The summed E-state index contributed by atoms with van der Waals surface area (Å²) in [6, 6.07) is 0. The summed E-state index contributed by atoms with van der Waals surface area (Å²) >= 11 is 0. The van der Waals surface area contributed by atoms with E-state index in [1.165, 1.54) is 51.0 Å². The third kappa shape index (κ3) is 14.5. The molecule has 0 rings (SSSR count). The fourth-order valence-corrected chi connectivity index (χ4v) is 3.01. The molecule has 0 bridgehead atoms. The van der Waals surface area contributed by atoms with E-state index in [2.05, 4.69) is 32.5 Å². The first-order valence-corrected chi connectivity index (χ1v) is 9.43. The van der Waals surface area contributed by atoms with Gasteiger partial charge < -0.3 is 4.84 Å². The standard InChI is InChI=1S/C20H39NO2/c1-16(2)9-6-10-17(3)11-7-12-18(4)13-8-14-19(5)15-20(22)23-21/h15-18H,6-14,21H2,1-5H3/b19-15+/t17-,18-/m1/s1. The van der Waals surface area contributed by atoms with Gasteiger partial charge in [-0.3, -0.25) is 0 Å². The number of hydrogen-bond donors (Lipinski definition) is 1. The van der Waals surface area contributed by atoms with Gasteiger partial charge in [0.2, 0.25) is 0 Å². The highest BCUT2D eigenvalue weighted by Gasteiger charge is 2.07. The first kappa shape index (κ1) is 22.2. The molecule has 0 aliphatic heterocycles. The van der Waals surface area contributed by atoms with E-state index in [4.69, 9.17) is 5.90 Å². The third-order valence-electron chi connectivity index (χ3n) is 4.62. The fourth-order valence-electron chi connectivity index (χ4n) is 3.01. The second-order valence-electron chi connectivity index (χ2n) is 7.79. The van der Waals surface area contributed by atoms with Gasteiger partial charge in [0, 0.05) is 6.08 Å². The van der Waals surface area contributed by atoms with Gasteiger partial charge in [0.25, 0.3) is 0 Å². The zero-order chi connectivity index (χ0) is 17.7. The molecular formula is C20H39NO2. The van der Waals surface area contributed by atoms with Crippen LogP contribution in [0.1, 0.15) is 92.4 Å². The largest absolute Gasteiger partial charge is 0.370 e. The first-order valence-electron chi connectivity index (χ1n) is 9.43. The molecule has 2 atom stereocenters. The highest BCUT2D eigenvalue weighted by Crippen LogP contribution is 2.21. The number of carbonyl (C=O) groups excluding carboxylic acids is 1. The molecule has 0 saturated carbocycles. The number of nitrogens with two attached hydrogens (primary N) is 1. The molecule has 136 valence electrons. The molecule has 3 nitrogen and oxygen atoms in total. The predicted octanol–water partition coefficient (Wildman–Crippen LogP) is 5.79. The normalized spacial score (nSPS) is 14.8. The van der Waals surface area contributed by atoms with Gasteiger partial charge in [0.05, 0.1) is 0 Å². The molecule has 0 aliphatic rings. The van der Waals surface area contributed by atoms with Gasteiger partial charge in [-0.25, -0.2) is 4.79 Å². The molecule has 0 heterocycles. The topological polar surface area (TPSA) is 52.3 Å². The van der Waals surface area contributed by atoms with Gasteiger partial charge in [-0.05, 0) is 37.5 Å². The lowest BCUT2D eigenvalue weighted by Gasteiger charge is -2.15. The van der Waals surface area contributed by atoms with Crippen LogP contribution in [0.4, 0.5) is 0 Å². The Kier molecular flexibility index (Phi) is 13.1. The fraction of sp³-hybridized carbons (Fsp3) is 0.850. The number of rotatable bonds is 13. The summed E-state index contributed by atoms with van der Waals surface area (Å²) in [4.78, 5) is 15.2. The van der Waals surface area contributed by atoms with Gasteiger partial charge in [0.15, 0.2) is 0 Å². The van der Waals surface area contributed by atoms with E-state index in [0.717, 1.165) is 36.2 Å². The lowest BCUT2D eigenvalue weighted by molar-refractivity contribution is -0.138. The number of carbonyl (C=O) groups is 1. The summed E-state index contributed by atoms with van der Waals surface area (Å²) in [7, 11) is 0. The van der Waals surface area contributed by atoms with E-state index in [1.54, 1.807) is 0 Å². The minimum atomic E-state index is -0.456. The van der Waals surface area contributed by atoms with E-state index in [-0.39, 0.29) is 0 Å². The van der Waals surface area contributed by atoms with Crippen LogP contribution in [0, 0.1) is 17.8 Å². The Labute approximate surface area is 144 Å². The second kappa shape index (κ2) is 13.6. The minimum absolute atomic E-state index is 0.456. The quantitative estimate of drug-likeness (QED) is 0.344. The first-order chi connectivity index (χ1) is 10.8.